The number of aliphatic hydroxyl groups excluding tert-OH is 1. The molecule has 1 saturated carbocycles. The summed E-state index contributed by atoms with van der Waals surface area (Å²) in [5.41, 5.74) is 0. The standard InChI is InChI=1S/C13H22N2O3/c16-11-4-1-3-10(11)9-14-12(17)6-8-15-7-2-5-13(15)18/h10-11,16H,1-9H2,(H,14,17). The summed E-state index contributed by atoms with van der Waals surface area (Å²) in [4.78, 5) is 24.8. The molecule has 2 aliphatic rings. The van der Waals surface area contributed by atoms with Gasteiger partial charge in [0.05, 0.1) is 6.10 Å². The third-order valence-corrected chi connectivity index (χ3v) is 3.96. The van der Waals surface area contributed by atoms with Crippen molar-refractivity contribution < 1.29 is 14.7 Å². The third-order valence-electron chi connectivity index (χ3n) is 3.96. The van der Waals surface area contributed by atoms with E-state index < -0.39 is 0 Å². The fraction of sp³-hybridized carbons (Fsp3) is 0.846. The second kappa shape index (κ2) is 6.18. The zero-order chi connectivity index (χ0) is 13.0. The summed E-state index contributed by atoms with van der Waals surface area (Å²) in [6.45, 7) is 1.87. The molecule has 18 heavy (non-hydrogen) atoms. The number of amides is 2. The summed E-state index contributed by atoms with van der Waals surface area (Å²) in [5, 5.41) is 12.5. The van der Waals surface area contributed by atoms with Crippen LogP contribution in [0.4, 0.5) is 0 Å². The quantitative estimate of drug-likeness (QED) is 0.740. The molecule has 102 valence electrons. The summed E-state index contributed by atoms with van der Waals surface area (Å²) < 4.78 is 0. The van der Waals surface area contributed by atoms with Crippen molar-refractivity contribution in [1.29, 1.82) is 0 Å². The van der Waals surface area contributed by atoms with Gasteiger partial charge in [0.2, 0.25) is 11.8 Å². The largest absolute Gasteiger partial charge is 0.393 e. The van der Waals surface area contributed by atoms with Crippen molar-refractivity contribution in [2.75, 3.05) is 19.6 Å². The van der Waals surface area contributed by atoms with Gasteiger partial charge in [-0.3, -0.25) is 9.59 Å². The normalized spacial score (nSPS) is 27.8. The minimum Gasteiger partial charge on any atom is -0.393 e. The molecule has 2 amide bonds. The number of aliphatic hydroxyl groups is 1. The molecule has 2 rings (SSSR count). The molecule has 2 fully saturated rings. The van der Waals surface area contributed by atoms with Gasteiger partial charge in [0, 0.05) is 38.4 Å². The van der Waals surface area contributed by atoms with Crippen LogP contribution in [0.3, 0.4) is 0 Å². The van der Waals surface area contributed by atoms with Crippen molar-refractivity contribution in [2.45, 2.75) is 44.6 Å². The summed E-state index contributed by atoms with van der Waals surface area (Å²) in [7, 11) is 0. The lowest BCUT2D eigenvalue weighted by atomic mass is 10.1. The van der Waals surface area contributed by atoms with Crippen LogP contribution in [0.25, 0.3) is 0 Å². The Morgan fingerprint density at radius 1 is 1.39 bits per heavy atom. The van der Waals surface area contributed by atoms with Crippen LogP contribution < -0.4 is 5.32 Å². The van der Waals surface area contributed by atoms with Crippen molar-refractivity contribution in [1.82, 2.24) is 10.2 Å². The lowest BCUT2D eigenvalue weighted by molar-refractivity contribution is -0.128. The Morgan fingerprint density at radius 2 is 2.22 bits per heavy atom. The van der Waals surface area contributed by atoms with Crippen molar-refractivity contribution in [2.24, 2.45) is 5.92 Å². The number of nitrogens with one attached hydrogen (secondary N) is 1. The fourth-order valence-corrected chi connectivity index (χ4v) is 2.77. The van der Waals surface area contributed by atoms with E-state index in [1.54, 1.807) is 4.90 Å². The molecule has 1 saturated heterocycles. The molecule has 2 unspecified atom stereocenters. The highest BCUT2D eigenvalue weighted by atomic mass is 16.3. The maximum Gasteiger partial charge on any atom is 0.222 e. The molecule has 2 N–H and O–H groups in total. The number of likely N-dealkylation sites (tertiary alicyclic amines) is 1. The number of hydrogen-bond acceptors (Lipinski definition) is 3. The van der Waals surface area contributed by atoms with E-state index in [1.807, 2.05) is 0 Å². The Bertz CT molecular complexity index is 319. The summed E-state index contributed by atoms with van der Waals surface area (Å²) in [6, 6.07) is 0. The predicted octanol–water partition coefficient (Wildman–Crippen LogP) is 0.276. The zero-order valence-corrected chi connectivity index (χ0v) is 10.7. The lowest BCUT2D eigenvalue weighted by Gasteiger charge is -2.17. The molecule has 1 aliphatic carbocycles. The summed E-state index contributed by atoms with van der Waals surface area (Å²) in [6.07, 6.45) is 4.53. The van der Waals surface area contributed by atoms with Crippen LogP contribution in [0.5, 0.6) is 0 Å². The van der Waals surface area contributed by atoms with Gasteiger partial charge in [0.25, 0.3) is 0 Å². The third kappa shape index (κ3) is 3.45. The Morgan fingerprint density at radius 3 is 2.83 bits per heavy atom. The number of hydrogen-bond donors (Lipinski definition) is 2. The van der Waals surface area contributed by atoms with E-state index >= 15 is 0 Å². The van der Waals surface area contributed by atoms with E-state index in [0.717, 1.165) is 32.2 Å². The molecule has 1 aliphatic heterocycles. The van der Waals surface area contributed by atoms with Crippen LogP contribution >= 0.6 is 0 Å². The van der Waals surface area contributed by atoms with Gasteiger partial charge in [-0.05, 0) is 19.3 Å². The molecule has 5 nitrogen and oxygen atoms in total. The molecule has 0 bridgehead atoms. The van der Waals surface area contributed by atoms with E-state index in [-0.39, 0.29) is 23.8 Å². The lowest BCUT2D eigenvalue weighted by Crippen LogP contribution is -2.35. The minimum atomic E-state index is -0.259. The average Bonchev–Trinajstić information content (AvgIpc) is 2.93. The molecule has 0 radical (unpaired) electrons. The van der Waals surface area contributed by atoms with E-state index in [1.165, 1.54) is 0 Å². The monoisotopic (exact) mass is 254 g/mol. The molecule has 0 aromatic rings. The topological polar surface area (TPSA) is 69.6 Å². The highest BCUT2D eigenvalue weighted by Gasteiger charge is 2.25. The van der Waals surface area contributed by atoms with Crippen molar-refractivity contribution in [3.05, 3.63) is 0 Å². The van der Waals surface area contributed by atoms with Crippen molar-refractivity contribution in [3.8, 4) is 0 Å². The van der Waals surface area contributed by atoms with Gasteiger partial charge in [-0.1, -0.05) is 6.42 Å². The molecule has 1 heterocycles. The van der Waals surface area contributed by atoms with Crippen LogP contribution in [-0.2, 0) is 9.59 Å². The Hall–Kier alpha value is -1.10. The minimum absolute atomic E-state index is 0.0196. The zero-order valence-electron chi connectivity index (χ0n) is 10.7. The van der Waals surface area contributed by atoms with Gasteiger partial charge >= 0.3 is 0 Å². The highest BCUT2D eigenvalue weighted by Crippen LogP contribution is 2.24. The van der Waals surface area contributed by atoms with Gasteiger partial charge in [-0.25, -0.2) is 0 Å². The van der Waals surface area contributed by atoms with Crippen LogP contribution in [0.1, 0.15) is 38.5 Å². The fourth-order valence-electron chi connectivity index (χ4n) is 2.77. The van der Waals surface area contributed by atoms with E-state index in [4.69, 9.17) is 0 Å². The molecular formula is C13H22N2O3. The Labute approximate surface area is 108 Å². The van der Waals surface area contributed by atoms with Gasteiger partial charge < -0.3 is 15.3 Å². The first kappa shape index (κ1) is 13.3. The predicted molar refractivity (Wildman–Crippen MR) is 66.8 cm³/mol. The molecule has 0 spiro atoms. The van der Waals surface area contributed by atoms with Crippen LogP contribution in [-0.4, -0.2) is 47.6 Å². The smallest absolute Gasteiger partial charge is 0.222 e. The number of carbonyl (C=O) groups excluding carboxylic acids is 2. The summed E-state index contributed by atoms with van der Waals surface area (Å²) >= 11 is 0. The van der Waals surface area contributed by atoms with Gasteiger partial charge in [0.1, 0.15) is 0 Å². The first-order chi connectivity index (χ1) is 8.66. The van der Waals surface area contributed by atoms with Crippen molar-refractivity contribution >= 4 is 11.8 Å². The summed E-state index contributed by atoms with van der Waals surface area (Å²) in [5.74, 6) is 0.352. The molecular weight excluding hydrogens is 232 g/mol. The number of carbonyl (C=O) groups is 2. The van der Waals surface area contributed by atoms with Gasteiger partial charge in [0.15, 0.2) is 0 Å². The molecule has 0 aromatic carbocycles. The molecule has 2 atom stereocenters. The van der Waals surface area contributed by atoms with Gasteiger partial charge in [-0.2, -0.15) is 0 Å². The second-order valence-corrected chi connectivity index (χ2v) is 5.30. The van der Waals surface area contributed by atoms with Crippen LogP contribution in [0.15, 0.2) is 0 Å². The number of rotatable bonds is 5. The Kier molecular flexibility index (Phi) is 4.58. The van der Waals surface area contributed by atoms with E-state index in [2.05, 4.69) is 5.32 Å². The first-order valence-corrected chi connectivity index (χ1v) is 6.89. The van der Waals surface area contributed by atoms with Crippen molar-refractivity contribution in [3.63, 3.8) is 0 Å². The maximum absolute atomic E-state index is 11.6. The van der Waals surface area contributed by atoms with Crippen LogP contribution in [0.2, 0.25) is 0 Å². The molecule has 0 aromatic heterocycles. The van der Waals surface area contributed by atoms with E-state index in [0.29, 0.717) is 25.9 Å². The highest BCUT2D eigenvalue weighted by molar-refractivity contribution is 5.80. The van der Waals surface area contributed by atoms with E-state index in [9.17, 15) is 14.7 Å². The SMILES string of the molecule is O=C(CCN1CCCC1=O)NCC1CCCC1O. The van der Waals surface area contributed by atoms with Crippen LogP contribution in [0, 0.1) is 5.92 Å². The average molecular weight is 254 g/mol. The maximum atomic E-state index is 11.6. The second-order valence-electron chi connectivity index (χ2n) is 5.30. The van der Waals surface area contributed by atoms with Gasteiger partial charge in [-0.15, -0.1) is 0 Å². The molecule has 5 heteroatoms. The number of nitrogens with zero attached hydrogens (tertiary/aromatic N) is 1. The Balaban J connectivity index is 1.61. The first-order valence-electron chi connectivity index (χ1n) is 6.89.